The van der Waals surface area contributed by atoms with Gasteiger partial charge in [0.05, 0.1) is 5.70 Å². The molecule has 4 heterocycles. The normalized spacial score (nSPS) is 25.0. The number of hydrogen-bond acceptors (Lipinski definition) is 5. The van der Waals surface area contributed by atoms with Crippen LogP contribution >= 0.6 is 23.1 Å². The highest BCUT2D eigenvalue weighted by Crippen LogP contribution is 2.54. The summed E-state index contributed by atoms with van der Waals surface area (Å²) in [4.78, 5) is 14.2. The summed E-state index contributed by atoms with van der Waals surface area (Å²) in [7, 11) is 0. The van der Waals surface area contributed by atoms with Gasteiger partial charge in [0.1, 0.15) is 11.2 Å². The molecule has 6 aliphatic rings. The summed E-state index contributed by atoms with van der Waals surface area (Å²) in [5.41, 5.74) is 18.6. The van der Waals surface area contributed by atoms with E-state index in [0.717, 1.165) is 76.9 Å². The van der Waals surface area contributed by atoms with Gasteiger partial charge in [-0.05, 0) is 112 Å². The first kappa shape index (κ1) is 40.3. The number of nitrogens with zero attached hydrogens (tertiary/aromatic N) is 2. The molecule has 0 bridgehead atoms. The lowest BCUT2D eigenvalue weighted by atomic mass is 9.69. The second-order valence-corrected chi connectivity index (χ2v) is 21.5. The number of benzene rings is 6. The standard InChI is InChI=1S/C63H48N2OS2/c1-37-52-35-39(31-33-43(52)42-17-5-6-20-47(42)59(37)38-15-3-2-4-16-38)41-21-11-25-51-60-49(23-13-30-58(60)68-61(41)51)53-26-14-27-54(50-24-12-22-48-46-19-8-10-29-57(46)67-62(48)50)65-63(64-53)40-32-34-45-44-18-7-9-28-55(44)66-56(45)36-40/h2-7,9-13,15-18,20,22-26,28-37,41,48,59,62H,8,14,19,21,27H2,1H3/b53-26-,64-63-,65-54-. The number of aliphatic imine (C=N–C) groups is 2. The fourth-order valence-corrected chi connectivity index (χ4v) is 15.2. The Hall–Kier alpha value is -6.79. The summed E-state index contributed by atoms with van der Waals surface area (Å²) in [5, 5.41) is 3.86. The number of allylic oxidation sites excluding steroid dienone is 8. The van der Waals surface area contributed by atoms with Crippen LogP contribution in [0.5, 0.6) is 0 Å². The van der Waals surface area contributed by atoms with Crippen molar-refractivity contribution in [2.75, 3.05) is 0 Å². The lowest BCUT2D eigenvalue weighted by Gasteiger charge is -2.35. The fourth-order valence-electron chi connectivity index (χ4n) is 12.2. The smallest absolute Gasteiger partial charge is 0.160 e. The third kappa shape index (κ3) is 6.46. The third-order valence-electron chi connectivity index (χ3n) is 15.4. The Bertz CT molecular complexity index is 3680. The zero-order valence-electron chi connectivity index (χ0n) is 37.9. The average molecular weight is 913 g/mol. The maximum Gasteiger partial charge on any atom is 0.160 e. The SMILES string of the molecule is CC1c2cc(C3CC=Cc4c3sc3cccc(C5=C/CC/C(C6=CC=CC7C8=C(C=CCC8)SC67)=N/C(c6ccc7c(c6)oc6ccccc67)=N\5)c43)ccc2-c2ccccc2C1c1ccccc1. The Labute approximate surface area is 405 Å². The molecule has 0 radical (unpaired) electrons. The Morgan fingerprint density at radius 2 is 1.53 bits per heavy atom. The second kappa shape index (κ2) is 16.2. The summed E-state index contributed by atoms with van der Waals surface area (Å²) >= 11 is 3.98. The van der Waals surface area contributed by atoms with E-state index in [2.05, 4.69) is 183 Å². The van der Waals surface area contributed by atoms with E-state index in [0.29, 0.717) is 23.0 Å². The van der Waals surface area contributed by atoms with Crippen molar-refractivity contribution in [1.82, 2.24) is 0 Å². The maximum atomic E-state index is 6.48. The highest BCUT2D eigenvalue weighted by Gasteiger charge is 2.39. The predicted molar refractivity (Wildman–Crippen MR) is 288 cm³/mol. The molecule has 0 N–H and O–H groups in total. The first-order valence-corrected chi connectivity index (χ1v) is 26.1. The molecule has 2 aromatic heterocycles. The minimum atomic E-state index is 0.268. The van der Waals surface area contributed by atoms with Gasteiger partial charge in [0.15, 0.2) is 5.84 Å². The van der Waals surface area contributed by atoms with E-state index in [9.17, 15) is 0 Å². The first-order chi connectivity index (χ1) is 33.6. The molecule has 328 valence electrons. The van der Waals surface area contributed by atoms with Crippen LogP contribution in [-0.2, 0) is 0 Å². The van der Waals surface area contributed by atoms with Crippen molar-refractivity contribution in [1.29, 1.82) is 0 Å². The summed E-state index contributed by atoms with van der Waals surface area (Å²) in [6.07, 6.45) is 23.8. The summed E-state index contributed by atoms with van der Waals surface area (Å²) < 4.78 is 7.78. The van der Waals surface area contributed by atoms with Crippen molar-refractivity contribution in [2.45, 2.75) is 62.0 Å². The number of amidine groups is 1. The van der Waals surface area contributed by atoms with Crippen molar-refractivity contribution in [3.05, 3.63) is 236 Å². The van der Waals surface area contributed by atoms with Crippen LogP contribution in [-0.4, -0.2) is 16.8 Å². The van der Waals surface area contributed by atoms with Crippen LogP contribution in [0.2, 0.25) is 0 Å². The van der Waals surface area contributed by atoms with Crippen LogP contribution in [0, 0.1) is 5.92 Å². The molecule has 0 amide bonds. The van der Waals surface area contributed by atoms with E-state index in [-0.39, 0.29) is 5.92 Å². The molecule has 14 rings (SSSR count). The van der Waals surface area contributed by atoms with Gasteiger partial charge in [0, 0.05) is 70.5 Å². The molecule has 0 spiro atoms. The molecule has 0 saturated carbocycles. The number of thioether (sulfide) groups is 1. The highest BCUT2D eigenvalue weighted by atomic mass is 32.2. The molecule has 5 heteroatoms. The van der Waals surface area contributed by atoms with Crippen molar-refractivity contribution in [3.63, 3.8) is 0 Å². The van der Waals surface area contributed by atoms with Gasteiger partial charge in [-0.25, -0.2) is 9.98 Å². The largest absolute Gasteiger partial charge is 0.456 e. The van der Waals surface area contributed by atoms with Gasteiger partial charge < -0.3 is 4.42 Å². The van der Waals surface area contributed by atoms with Crippen LogP contribution in [0.3, 0.4) is 0 Å². The van der Waals surface area contributed by atoms with Crippen molar-refractivity contribution in [3.8, 4) is 11.1 Å². The van der Waals surface area contributed by atoms with Gasteiger partial charge in [-0.15, -0.1) is 23.1 Å². The van der Waals surface area contributed by atoms with Crippen molar-refractivity contribution in [2.24, 2.45) is 15.9 Å². The third-order valence-corrected chi connectivity index (χ3v) is 18.2. The topological polar surface area (TPSA) is 37.9 Å². The Balaban J connectivity index is 0.874. The number of hydrogen-bond donors (Lipinski definition) is 0. The van der Waals surface area contributed by atoms with Crippen LogP contribution in [0.1, 0.15) is 101 Å². The molecular weight excluding hydrogens is 865 g/mol. The maximum absolute atomic E-state index is 6.48. The number of para-hydroxylation sites is 1. The molecule has 0 fully saturated rings. The van der Waals surface area contributed by atoms with E-state index >= 15 is 0 Å². The lowest BCUT2D eigenvalue weighted by molar-refractivity contribution is 0.647. The Morgan fingerprint density at radius 1 is 0.676 bits per heavy atom. The molecule has 68 heavy (non-hydrogen) atoms. The number of furan rings is 1. The lowest BCUT2D eigenvalue weighted by Crippen LogP contribution is -2.24. The molecule has 0 saturated heterocycles. The van der Waals surface area contributed by atoms with Gasteiger partial charge in [0.25, 0.3) is 0 Å². The van der Waals surface area contributed by atoms with E-state index in [1.54, 1.807) is 5.57 Å². The molecule has 5 unspecified atom stereocenters. The van der Waals surface area contributed by atoms with Gasteiger partial charge in [-0.1, -0.05) is 165 Å². The van der Waals surface area contributed by atoms with Crippen molar-refractivity contribution < 1.29 is 4.42 Å². The summed E-state index contributed by atoms with van der Waals surface area (Å²) in [5.74, 6) is 2.06. The zero-order valence-corrected chi connectivity index (χ0v) is 39.5. The van der Waals surface area contributed by atoms with E-state index in [1.807, 2.05) is 29.2 Å². The number of fused-ring (bicyclic) bond motifs is 11. The molecule has 3 nitrogen and oxygen atoms in total. The molecule has 4 aliphatic carbocycles. The minimum Gasteiger partial charge on any atom is -0.456 e. The molecule has 5 atom stereocenters. The highest BCUT2D eigenvalue weighted by molar-refractivity contribution is 8.04. The summed E-state index contributed by atoms with van der Waals surface area (Å²) in [6.45, 7) is 2.43. The van der Waals surface area contributed by atoms with Gasteiger partial charge in [-0.3, -0.25) is 0 Å². The van der Waals surface area contributed by atoms with E-state index in [1.165, 1.54) is 69.9 Å². The van der Waals surface area contributed by atoms with Crippen LogP contribution < -0.4 is 0 Å². The van der Waals surface area contributed by atoms with Crippen LogP contribution in [0.25, 0.3) is 54.9 Å². The number of rotatable bonds is 5. The molecule has 2 aliphatic heterocycles. The van der Waals surface area contributed by atoms with Gasteiger partial charge in [0.2, 0.25) is 0 Å². The minimum absolute atomic E-state index is 0.268. The first-order valence-electron chi connectivity index (χ1n) is 24.4. The summed E-state index contributed by atoms with van der Waals surface area (Å²) in [6, 6.07) is 49.2. The fraction of sp³-hybridized carbons (Fsp3) is 0.175. The average Bonchev–Trinajstić information content (AvgIpc) is 4.08. The predicted octanol–water partition coefficient (Wildman–Crippen LogP) is 17.1. The van der Waals surface area contributed by atoms with Gasteiger partial charge >= 0.3 is 0 Å². The van der Waals surface area contributed by atoms with E-state index in [4.69, 9.17) is 14.4 Å². The molecule has 8 aromatic rings. The van der Waals surface area contributed by atoms with Crippen molar-refractivity contribution >= 4 is 78.4 Å². The molecule has 6 aromatic carbocycles. The van der Waals surface area contributed by atoms with Crippen LogP contribution in [0.15, 0.2) is 206 Å². The van der Waals surface area contributed by atoms with Gasteiger partial charge in [-0.2, -0.15) is 0 Å². The molecular formula is C63H48N2OS2. The number of thiophene rings is 1. The quantitative estimate of drug-likeness (QED) is 0.173. The monoisotopic (exact) mass is 912 g/mol. The zero-order chi connectivity index (χ0) is 44.9. The second-order valence-electron chi connectivity index (χ2n) is 19.2. The Morgan fingerprint density at radius 3 is 2.49 bits per heavy atom. The Kier molecular flexibility index (Phi) is 9.59. The van der Waals surface area contributed by atoms with Crippen LogP contribution in [0.4, 0.5) is 0 Å². The van der Waals surface area contributed by atoms with E-state index < -0.39 is 0 Å².